The number of carbonyl (C=O) groups excluding carboxylic acids is 1. The summed E-state index contributed by atoms with van der Waals surface area (Å²) in [6.07, 6.45) is 4.66. The SMILES string of the molecule is CCOC(=O)C1CCCN(c2ncnc(Nc3ccc(Cl)cn3)c2N)C1. The number of ether oxygens (including phenoxy) is 1. The van der Waals surface area contributed by atoms with E-state index in [-0.39, 0.29) is 11.9 Å². The number of anilines is 4. The molecule has 1 fully saturated rings. The molecule has 9 heteroatoms. The third-order valence-electron chi connectivity index (χ3n) is 4.18. The van der Waals surface area contributed by atoms with E-state index in [1.54, 1.807) is 12.1 Å². The van der Waals surface area contributed by atoms with Crippen LogP contribution in [-0.4, -0.2) is 40.6 Å². The summed E-state index contributed by atoms with van der Waals surface area (Å²) in [5.41, 5.74) is 6.68. The number of nitrogens with zero attached hydrogens (tertiary/aromatic N) is 4. The summed E-state index contributed by atoms with van der Waals surface area (Å²) in [6, 6.07) is 3.46. The van der Waals surface area contributed by atoms with E-state index >= 15 is 0 Å². The molecule has 138 valence electrons. The Morgan fingerprint density at radius 2 is 2.27 bits per heavy atom. The van der Waals surface area contributed by atoms with Crippen LogP contribution in [0.5, 0.6) is 0 Å². The zero-order valence-electron chi connectivity index (χ0n) is 14.5. The number of hydrogen-bond donors (Lipinski definition) is 2. The van der Waals surface area contributed by atoms with Crippen LogP contribution in [0.4, 0.5) is 23.1 Å². The second-order valence-corrected chi connectivity index (χ2v) is 6.42. The summed E-state index contributed by atoms with van der Waals surface area (Å²) in [5.74, 6) is 1.29. The summed E-state index contributed by atoms with van der Waals surface area (Å²) in [6.45, 7) is 3.49. The molecule has 0 aromatic carbocycles. The van der Waals surface area contributed by atoms with Crippen LogP contribution in [0, 0.1) is 5.92 Å². The van der Waals surface area contributed by atoms with E-state index in [1.165, 1.54) is 12.5 Å². The highest BCUT2D eigenvalue weighted by atomic mass is 35.5. The second-order valence-electron chi connectivity index (χ2n) is 5.98. The summed E-state index contributed by atoms with van der Waals surface area (Å²) in [7, 11) is 0. The molecule has 0 saturated carbocycles. The van der Waals surface area contributed by atoms with Crippen LogP contribution in [0.1, 0.15) is 19.8 Å². The zero-order chi connectivity index (χ0) is 18.5. The second kappa shape index (κ2) is 8.18. The maximum absolute atomic E-state index is 12.1. The van der Waals surface area contributed by atoms with Crippen molar-refractivity contribution in [1.82, 2.24) is 15.0 Å². The number of nitrogen functional groups attached to an aromatic ring is 1. The average molecular weight is 377 g/mol. The van der Waals surface area contributed by atoms with Gasteiger partial charge in [0, 0.05) is 19.3 Å². The largest absolute Gasteiger partial charge is 0.466 e. The van der Waals surface area contributed by atoms with Crippen molar-refractivity contribution in [2.75, 3.05) is 35.6 Å². The van der Waals surface area contributed by atoms with Crippen molar-refractivity contribution in [3.8, 4) is 0 Å². The Balaban J connectivity index is 1.78. The lowest BCUT2D eigenvalue weighted by atomic mass is 9.98. The van der Waals surface area contributed by atoms with Gasteiger partial charge < -0.3 is 20.7 Å². The van der Waals surface area contributed by atoms with Gasteiger partial charge in [-0.05, 0) is 31.9 Å². The van der Waals surface area contributed by atoms with Gasteiger partial charge >= 0.3 is 5.97 Å². The number of hydrogen-bond acceptors (Lipinski definition) is 8. The van der Waals surface area contributed by atoms with Gasteiger partial charge in [0.15, 0.2) is 11.6 Å². The molecule has 1 aliphatic heterocycles. The molecule has 1 atom stereocenters. The smallest absolute Gasteiger partial charge is 0.310 e. The molecule has 0 spiro atoms. The Kier molecular flexibility index (Phi) is 5.72. The van der Waals surface area contributed by atoms with E-state index in [2.05, 4.69) is 20.3 Å². The van der Waals surface area contributed by atoms with E-state index in [9.17, 15) is 4.79 Å². The predicted molar refractivity (Wildman–Crippen MR) is 101 cm³/mol. The Morgan fingerprint density at radius 1 is 1.42 bits per heavy atom. The molecule has 1 aliphatic rings. The number of rotatable bonds is 5. The van der Waals surface area contributed by atoms with E-state index in [0.29, 0.717) is 41.3 Å². The van der Waals surface area contributed by atoms with Crippen molar-refractivity contribution in [1.29, 1.82) is 0 Å². The standard InChI is InChI=1S/C17H21ClN6O2/c1-2-26-17(25)11-4-3-7-24(9-11)16-14(19)15(21-10-22-16)23-13-6-5-12(18)8-20-13/h5-6,8,10-11H,2-4,7,9,19H2,1H3,(H,20,21,22,23). The van der Waals surface area contributed by atoms with E-state index in [0.717, 1.165) is 19.4 Å². The fourth-order valence-corrected chi connectivity index (χ4v) is 3.04. The molecule has 3 rings (SSSR count). The molecule has 3 heterocycles. The third kappa shape index (κ3) is 4.13. The van der Waals surface area contributed by atoms with E-state index in [1.807, 2.05) is 11.8 Å². The van der Waals surface area contributed by atoms with Crippen molar-refractivity contribution in [3.63, 3.8) is 0 Å². The molecule has 2 aromatic rings. The predicted octanol–water partition coefficient (Wildman–Crippen LogP) is 2.63. The van der Waals surface area contributed by atoms with Crippen molar-refractivity contribution >= 4 is 40.7 Å². The first-order valence-electron chi connectivity index (χ1n) is 8.49. The monoisotopic (exact) mass is 376 g/mol. The fraction of sp³-hybridized carbons (Fsp3) is 0.412. The fourth-order valence-electron chi connectivity index (χ4n) is 2.93. The van der Waals surface area contributed by atoms with Gasteiger partial charge in [-0.3, -0.25) is 4.79 Å². The van der Waals surface area contributed by atoms with Crippen molar-refractivity contribution in [2.45, 2.75) is 19.8 Å². The Bertz CT molecular complexity index is 770. The van der Waals surface area contributed by atoms with Gasteiger partial charge in [-0.15, -0.1) is 0 Å². The number of esters is 1. The topological polar surface area (TPSA) is 106 Å². The average Bonchev–Trinajstić information content (AvgIpc) is 2.65. The van der Waals surface area contributed by atoms with Gasteiger partial charge in [-0.25, -0.2) is 15.0 Å². The maximum Gasteiger partial charge on any atom is 0.310 e. The summed E-state index contributed by atoms with van der Waals surface area (Å²) >= 11 is 5.85. The minimum Gasteiger partial charge on any atom is -0.466 e. The number of pyridine rings is 1. The maximum atomic E-state index is 12.1. The normalized spacial score (nSPS) is 17.0. The molecule has 0 aliphatic carbocycles. The molecular weight excluding hydrogens is 356 g/mol. The number of aromatic nitrogens is 3. The molecule has 0 amide bonds. The number of halogens is 1. The van der Waals surface area contributed by atoms with Gasteiger partial charge in [0.05, 0.1) is 17.5 Å². The van der Waals surface area contributed by atoms with Crippen LogP contribution in [-0.2, 0) is 9.53 Å². The van der Waals surface area contributed by atoms with E-state index in [4.69, 9.17) is 22.1 Å². The van der Waals surface area contributed by atoms with E-state index < -0.39 is 0 Å². The highest BCUT2D eigenvalue weighted by Gasteiger charge is 2.29. The van der Waals surface area contributed by atoms with Crippen LogP contribution in [0.3, 0.4) is 0 Å². The number of nitrogens with one attached hydrogen (secondary N) is 1. The number of carbonyl (C=O) groups is 1. The molecule has 3 N–H and O–H groups in total. The Labute approximate surface area is 156 Å². The lowest BCUT2D eigenvalue weighted by Gasteiger charge is -2.33. The lowest BCUT2D eigenvalue weighted by molar-refractivity contribution is -0.148. The molecule has 2 aromatic heterocycles. The van der Waals surface area contributed by atoms with Gasteiger partial charge in [0.2, 0.25) is 0 Å². The summed E-state index contributed by atoms with van der Waals surface area (Å²) in [4.78, 5) is 26.7. The van der Waals surface area contributed by atoms with Gasteiger partial charge in [-0.1, -0.05) is 11.6 Å². The summed E-state index contributed by atoms with van der Waals surface area (Å²) in [5, 5.41) is 3.62. The Hall–Kier alpha value is -2.61. The van der Waals surface area contributed by atoms with Crippen LogP contribution in [0.15, 0.2) is 24.7 Å². The highest BCUT2D eigenvalue weighted by molar-refractivity contribution is 6.30. The quantitative estimate of drug-likeness (QED) is 0.767. The van der Waals surface area contributed by atoms with Gasteiger partial charge in [0.25, 0.3) is 0 Å². The highest BCUT2D eigenvalue weighted by Crippen LogP contribution is 2.31. The van der Waals surface area contributed by atoms with Crippen LogP contribution >= 0.6 is 11.6 Å². The van der Waals surface area contributed by atoms with Crippen LogP contribution in [0.2, 0.25) is 5.02 Å². The molecule has 0 radical (unpaired) electrons. The Morgan fingerprint density at radius 3 is 3.00 bits per heavy atom. The summed E-state index contributed by atoms with van der Waals surface area (Å²) < 4.78 is 5.15. The minimum absolute atomic E-state index is 0.173. The lowest BCUT2D eigenvalue weighted by Crippen LogP contribution is -2.40. The zero-order valence-corrected chi connectivity index (χ0v) is 15.2. The van der Waals surface area contributed by atoms with Crippen molar-refractivity contribution in [3.05, 3.63) is 29.7 Å². The van der Waals surface area contributed by atoms with Crippen LogP contribution in [0.25, 0.3) is 0 Å². The number of piperidine rings is 1. The molecular formula is C17H21ClN6O2. The van der Waals surface area contributed by atoms with Gasteiger partial charge in [0.1, 0.15) is 17.8 Å². The first-order valence-corrected chi connectivity index (χ1v) is 8.87. The number of nitrogens with two attached hydrogens (primary N) is 1. The molecule has 1 saturated heterocycles. The minimum atomic E-state index is -0.174. The van der Waals surface area contributed by atoms with Crippen molar-refractivity contribution in [2.24, 2.45) is 5.92 Å². The molecule has 26 heavy (non-hydrogen) atoms. The van der Waals surface area contributed by atoms with Crippen LogP contribution < -0.4 is 16.0 Å². The third-order valence-corrected chi connectivity index (χ3v) is 4.40. The molecule has 8 nitrogen and oxygen atoms in total. The molecule has 1 unspecified atom stereocenters. The first-order chi connectivity index (χ1) is 12.6. The first kappa shape index (κ1) is 18.2. The van der Waals surface area contributed by atoms with Crippen molar-refractivity contribution < 1.29 is 9.53 Å². The van der Waals surface area contributed by atoms with Gasteiger partial charge in [-0.2, -0.15) is 0 Å². The molecule has 0 bridgehead atoms.